The van der Waals surface area contributed by atoms with Gasteiger partial charge >= 0.3 is 0 Å². The van der Waals surface area contributed by atoms with Crippen molar-refractivity contribution >= 4 is 21.8 Å². The smallest absolute Gasteiger partial charge is 0.255 e. The van der Waals surface area contributed by atoms with Crippen LogP contribution >= 0.6 is 15.9 Å². The van der Waals surface area contributed by atoms with E-state index >= 15 is 0 Å². The fourth-order valence-electron chi connectivity index (χ4n) is 2.95. The Morgan fingerprint density at radius 1 is 1.32 bits per heavy atom. The van der Waals surface area contributed by atoms with Crippen LogP contribution in [0.3, 0.4) is 0 Å². The van der Waals surface area contributed by atoms with Crippen LogP contribution in [0.15, 0.2) is 22.7 Å². The van der Waals surface area contributed by atoms with Crippen LogP contribution in [0.4, 0.5) is 0 Å². The van der Waals surface area contributed by atoms with Gasteiger partial charge in [-0.2, -0.15) is 0 Å². The number of benzene rings is 1. The number of nitrogens with zero attached hydrogens (tertiary/aromatic N) is 1. The third kappa shape index (κ3) is 2.86. The molecule has 0 spiro atoms. The molecule has 0 N–H and O–H groups in total. The van der Waals surface area contributed by atoms with E-state index in [4.69, 9.17) is 0 Å². The summed E-state index contributed by atoms with van der Waals surface area (Å²) >= 11 is 3.55. The highest BCUT2D eigenvalue weighted by atomic mass is 79.9. The molecule has 1 aliphatic rings. The molecule has 3 heteroatoms. The zero-order chi connectivity index (χ0) is 14.2. The highest BCUT2D eigenvalue weighted by Gasteiger charge is 2.32. The van der Waals surface area contributed by atoms with Crippen LogP contribution in [0.1, 0.15) is 43.1 Å². The van der Waals surface area contributed by atoms with Gasteiger partial charge in [0.2, 0.25) is 0 Å². The van der Waals surface area contributed by atoms with Crippen molar-refractivity contribution < 1.29 is 4.79 Å². The Hall–Kier alpha value is -0.830. The van der Waals surface area contributed by atoms with Crippen molar-refractivity contribution in [3.63, 3.8) is 0 Å². The summed E-state index contributed by atoms with van der Waals surface area (Å²) in [5.41, 5.74) is 1.89. The topological polar surface area (TPSA) is 20.3 Å². The van der Waals surface area contributed by atoms with Gasteiger partial charge < -0.3 is 4.90 Å². The lowest BCUT2D eigenvalue weighted by molar-refractivity contribution is 0.0454. The number of halogens is 1. The summed E-state index contributed by atoms with van der Waals surface area (Å²) in [7, 11) is 0. The molecular weight excluding hydrogens is 302 g/mol. The molecule has 19 heavy (non-hydrogen) atoms. The highest BCUT2D eigenvalue weighted by molar-refractivity contribution is 9.10. The van der Waals surface area contributed by atoms with E-state index in [1.165, 1.54) is 6.42 Å². The lowest BCUT2D eigenvalue weighted by atomic mass is 9.85. The summed E-state index contributed by atoms with van der Waals surface area (Å²) in [6.45, 7) is 9.52. The molecule has 0 aliphatic carbocycles. The average Bonchev–Trinajstić information content (AvgIpc) is 2.36. The fourth-order valence-corrected chi connectivity index (χ4v) is 3.38. The summed E-state index contributed by atoms with van der Waals surface area (Å²) < 4.78 is 0.929. The van der Waals surface area contributed by atoms with Gasteiger partial charge in [0, 0.05) is 17.1 Å². The van der Waals surface area contributed by atoms with Crippen molar-refractivity contribution in [2.75, 3.05) is 6.54 Å². The zero-order valence-corrected chi connectivity index (χ0v) is 13.7. The molecule has 1 amide bonds. The first-order valence-corrected chi connectivity index (χ1v) is 7.77. The number of carbonyl (C=O) groups is 1. The fraction of sp³-hybridized carbons (Fsp3) is 0.562. The van der Waals surface area contributed by atoms with Crippen molar-refractivity contribution in [2.24, 2.45) is 11.8 Å². The van der Waals surface area contributed by atoms with E-state index in [2.05, 4.69) is 36.7 Å². The molecule has 0 saturated carbocycles. The van der Waals surface area contributed by atoms with E-state index in [-0.39, 0.29) is 5.91 Å². The molecule has 1 heterocycles. The predicted octanol–water partition coefficient (Wildman–Crippen LogP) is 4.26. The van der Waals surface area contributed by atoms with Gasteiger partial charge in [-0.05, 0) is 59.7 Å². The summed E-state index contributed by atoms with van der Waals surface area (Å²) in [5.74, 6) is 1.30. The van der Waals surface area contributed by atoms with Crippen LogP contribution in [-0.2, 0) is 0 Å². The predicted molar refractivity (Wildman–Crippen MR) is 82.3 cm³/mol. The van der Waals surface area contributed by atoms with Gasteiger partial charge in [-0.1, -0.05) is 26.0 Å². The lowest BCUT2D eigenvalue weighted by Gasteiger charge is -2.41. The Morgan fingerprint density at radius 2 is 2.00 bits per heavy atom. The normalized spacial score (nSPS) is 27.4. The lowest BCUT2D eigenvalue weighted by Crippen LogP contribution is -2.48. The van der Waals surface area contributed by atoms with E-state index in [9.17, 15) is 4.79 Å². The highest BCUT2D eigenvalue weighted by Crippen LogP contribution is 2.30. The van der Waals surface area contributed by atoms with Gasteiger partial charge in [-0.3, -0.25) is 4.79 Å². The average molecular weight is 324 g/mol. The Labute approximate surface area is 124 Å². The molecule has 1 aromatic rings. The Morgan fingerprint density at radius 3 is 2.68 bits per heavy atom. The molecule has 104 valence electrons. The third-order valence-electron chi connectivity index (χ3n) is 4.28. The van der Waals surface area contributed by atoms with Crippen molar-refractivity contribution in [1.82, 2.24) is 4.90 Å². The molecule has 1 aliphatic heterocycles. The Balaban J connectivity index is 2.30. The molecule has 2 rings (SSSR count). The number of rotatable bonds is 1. The second kappa shape index (κ2) is 5.66. The minimum absolute atomic E-state index is 0.154. The number of amides is 1. The van der Waals surface area contributed by atoms with Crippen molar-refractivity contribution in [2.45, 2.75) is 40.2 Å². The first-order valence-electron chi connectivity index (χ1n) is 6.98. The van der Waals surface area contributed by atoms with Crippen LogP contribution < -0.4 is 0 Å². The minimum atomic E-state index is 0.154. The standard InChI is InChI=1S/C16H22BrNO/c1-10-8-12(3)13(4)18(9-10)16(19)14-7-5-6-11(2)15(14)17/h5-7,10,12-13H,8-9H2,1-4H3. The van der Waals surface area contributed by atoms with Crippen molar-refractivity contribution in [1.29, 1.82) is 0 Å². The number of carbonyl (C=O) groups excluding carboxylic acids is 1. The molecular formula is C16H22BrNO. The van der Waals surface area contributed by atoms with Gasteiger partial charge in [-0.25, -0.2) is 0 Å². The molecule has 1 fully saturated rings. The molecule has 3 unspecified atom stereocenters. The molecule has 1 aromatic carbocycles. The van der Waals surface area contributed by atoms with Gasteiger partial charge in [0.25, 0.3) is 5.91 Å². The van der Waals surface area contributed by atoms with E-state index < -0.39 is 0 Å². The molecule has 0 bridgehead atoms. The maximum Gasteiger partial charge on any atom is 0.255 e. The second-order valence-corrected chi connectivity index (χ2v) is 6.75. The quantitative estimate of drug-likeness (QED) is 0.756. The zero-order valence-electron chi connectivity index (χ0n) is 12.1. The van der Waals surface area contributed by atoms with Gasteiger partial charge in [0.1, 0.15) is 0 Å². The van der Waals surface area contributed by atoms with Crippen LogP contribution in [-0.4, -0.2) is 23.4 Å². The Bertz CT molecular complexity index is 486. The number of hydrogen-bond donors (Lipinski definition) is 0. The number of hydrogen-bond acceptors (Lipinski definition) is 1. The SMILES string of the molecule is Cc1cccc(C(=O)N2CC(C)CC(C)C2C)c1Br. The van der Waals surface area contributed by atoms with Crippen LogP contribution in [0, 0.1) is 18.8 Å². The van der Waals surface area contributed by atoms with Gasteiger partial charge in [0.05, 0.1) is 5.56 Å². The number of piperidine rings is 1. The first-order chi connectivity index (χ1) is 8.91. The largest absolute Gasteiger partial charge is 0.335 e. The van der Waals surface area contributed by atoms with Crippen LogP contribution in [0.5, 0.6) is 0 Å². The monoisotopic (exact) mass is 323 g/mol. The molecule has 2 nitrogen and oxygen atoms in total. The minimum Gasteiger partial charge on any atom is -0.335 e. The molecule has 0 aromatic heterocycles. The third-order valence-corrected chi connectivity index (χ3v) is 5.33. The summed E-state index contributed by atoms with van der Waals surface area (Å²) in [5, 5.41) is 0. The summed E-state index contributed by atoms with van der Waals surface area (Å²) in [6, 6.07) is 6.20. The molecule has 3 atom stereocenters. The van der Waals surface area contributed by atoms with Crippen LogP contribution in [0.2, 0.25) is 0 Å². The maximum absolute atomic E-state index is 12.8. The Kier molecular flexibility index (Phi) is 4.34. The van der Waals surface area contributed by atoms with Crippen molar-refractivity contribution in [3.05, 3.63) is 33.8 Å². The molecule has 0 radical (unpaired) electrons. The summed E-state index contributed by atoms with van der Waals surface area (Å²) in [4.78, 5) is 14.8. The number of likely N-dealkylation sites (tertiary alicyclic amines) is 1. The number of aryl methyl sites for hydroxylation is 1. The van der Waals surface area contributed by atoms with Crippen molar-refractivity contribution in [3.8, 4) is 0 Å². The van der Waals surface area contributed by atoms with Gasteiger partial charge in [0.15, 0.2) is 0 Å². The van der Waals surface area contributed by atoms with Crippen LogP contribution in [0.25, 0.3) is 0 Å². The molecule has 1 saturated heterocycles. The van der Waals surface area contributed by atoms with E-state index in [1.54, 1.807) is 0 Å². The van der Waals surface area contributed by atoms with E-state index in [1.807, 2.05) is 30.0 Å². The maximum atomic E-state index is 12.8. The van der Waals surface area contributed by atoms with E-state index in [0.717, 1.165) is 22.1 Å². The second-order valence-electron chi connectivity index (χ2n) is 5.95. The van der Waals surface area contributed by atoms with E-state index in [0.29, 0.717) is 17.9 Å². The first kappa shape index (κ1) is 14.6. The summed E-state index contributed by atoms with van der Waals surface area (Å²) in [6.07, 6.45) is 1.21. The van der Waals surface area contributed by atoms with Gasteiger partial charge in [-0.15, -0.1) is 0 Å².